The number of pyridine rings is 1. The lowest BCUT2D eigenvalue weighted by atomic mass is 9.99. The predicted octanol–water partition coefficient (Wildman–Crippen LogP) is 1.95. The van der Waals surface area contributed by atoms with Crippen molar-refractivity contribution >= 4 is 11.8 Å². The highest BCUT2D eigenvalue weighted by Gasteiger charge is 2.34. The molecule has 0 aliphatic carbocycles. The van der Waals surface area contributed by atoms with Gasteiger partial charge in [0.1, 0.15) is 18.3 Å². The van der Waals surface area contributed by atoms with Crippen LogP contribution in [-0.2, 0) is 9.53 Å². The second kappa shape index (κ2) is 11.1. The third-order valence-corrected chi connectivity index (χ3v) is 6.02. The molecule has 180 valence electrons. The fourth-order valence-electron chi connectivity index (χ4n) is 3.82. The number of carbonyl (C=O) groups excluding carboxylic acids is 2. The molecule has 9 heteroatoms. The van der Waals surface area contributed by atoms with Gasteiger partial charge in [-0.3, -0.25) is 9.59 Å². The van der Waals surface area contributed by atoms with Crippen LogP contribution < -0.4 is 4.74 Å². The van der Waals surface area contributed by atoms with Gasteiger partial charge < -0.3 is 24.4 Å². The third kappa shape index (κ3) is 5.53. The van der Waals surface area contributed by atoms with Gasteiger partial charge in [-0.05, 0) is 30.7 Å². The Morgan fingerprint density at radius 3 is 2.71 bits per heavy atom. The van der Waals surface area contributed by atoms with Crippen LogP contribution in [0.25, 0.3) is 11.1 Å². The zero-order valence-corrected chi connectivity index (χ0v) is 19.9. The first-order valence-corrected chi connectivity index (χ1v) is 11.1. The van der Waals surface area contributed by atoms with Gasteiger partial charge in [0.25, 0.3) is 5.91 Å². The number of aliphatic hydroxyl groups is 1. The van der Waals surface area contributed by atoms with E-state index in [4.69, 9.17) is 14.7 Å². The third-order valence-electron chi connectivity index (χ3n) is 6.02. The molecule has 9 nitrogen and oxygen atoms in total. The van der Waals surface area contributed by atoms with Crippen LogP contribution in [0.4, 0.5) is 0 Å². The van der Waals surface area contributed by atoms with Crippen LogP contribution >= 0.6 is 0 Å². The van der Waals surface area contributed by atoms with Gasteiger partial charge >= 0.3 is 0 Å². The molecule has 0 radical (unpaired) electrons. The van der Waals surface area contributed by atoms with Gasteiger partial charge in [0.2, 0.25) is 11.8 Å². The van der Waals surface area contributed by atoms with Crippen LogP contribution in [0.5, 0.6) is 5.88 Å². The number of fused-ring (bicyclic) bond motifs is 1. The van der Waals surface area contributed by atoms with Gasteiger partial charge in [0, 0.05) is 38.4 Å². The van der Waals surface area contributed by atoms with E-state index in [1.54, 1.807) is 60.3 Å². The first-order chi connectivity index (χ1) is 16.3. The molecule has 0 unspecified atom stereocenters. The molecular weight excluding hydrogens is 436 g/mol. The molecule has 1 aliphatic heterocycles. The maximum Gasteiger partial charge on any atom is 0.259 e. The van der Waals surface area contributed by atoms with Crippen molar-refractivity contribution < 1.29 is 24.2 Å². The van der Waals surface area contributed by atoms with Crippen molar-refractivity contribution in [1.29, 1.82) is 5.26 Å². The van der Waals surface area contributed by atoms with E-state index in [1.807, 2.05) is 6.92 Å². The maximum absolute atomic E-state index is 13.5. The maximum atomic E-state index is 13.5. The number of hydrogen-bond acceptors (Lipinski definition) is 7. The molecular formula is C25H30N4O5. The monoisotopic (exact) mass is 466 g/mol. The summed E-state index contributed by atoms with van der Waals surface area (Å²) in [5.74, 6) is -0.416. The molecule has 1 aromatic carbocycles. The largest absolute Gasteiger partial charge is 0.472 e. The summed E-state index contributed by atoms with van der Waals surface area (Å²) in [5, 5.41) is 18.8. The summed E-state index contributed by atoms with van der Waals surface area (Å²) in [6.07, 6.45) is 1.19. The molecule has 1 N–H and O–H groups in total. The SMILES string of the molecule is COCC(=O)N(C)C[C@H]1Oc2ncc(-c3ccc(C#N)cc3)cc2C(=O)N([C@H](C)CO)C[C@@H]1C. The van der Waals surface area contributed by atoms with Crippen LogP contribution in [0.15, 0.2) is 36.5 Å². The van der Waals surface area contributed by atoms with Crippen molar-refractivity contribution in [2.75, 3.05) is 40.5 Å². The number of hydrogen-bond donors (Lipinski definition) is 1. The Labute approximate surface area is 199 Å². The van der Waals surface area contributed by atoms with E-state index in [2.05, 4.69) is 11.1 Å². The van der Waals surface area contributed by atoms with Crippen LogP contribution in [-0.4, -0.2) is 84.3 Å². The number of carbonyl (C=O) groups is 2. The second-order valence-electron chi connectivity index (χ2n) is 8.60. The van der Waals surface area contributed by atoms with Crippen LogP contribution in [0.3, 0.4) is 0 Å². The summed E-state index contributed by atoms with van der Waals surface area (Å²) in [4.78, 5) is 33.4. The topological polar surface area (TPSA) is 116 Å². The normalized spacial score (nSPS) is 18.7. The van der Waals surface area contributed by atoms with E-state index >= 15 is 0 Å². The molecule has 2 heterocycles. The number of methoxy groups -OCH3 is 1. The molecule has 0 saturated heterocycles. The lowest BCUT2D eigenvalue weighted by Crippen LogP contribution is -2.50. The molecule has 0 spiro atoms. The van der Waals surface area contributed by atoms with Gasteiger partial charge in [-0.25, -0.2) is 4.98 Å². The molecule has 2 aromatic rings. The molecule has 1 aromatic heterocycles. The Kier molecular flexibility index (Phi) is 8.21. The van der Waals surface area contributed by atoms with E-state index in [-0.39, 0.29) is 48.9 Å². The minimum atomic E-state index is -0.431. The summed E-state index contributed by atoms with van der Waals surface area (Å²) < 4.78 is 11.2. The molecule has 34 heavy (non-hydrogen) atoms. The smallest absolute Gasteiger partial charge is 0.259 e. The number of likely N-dealkylation sites (N-methyl/N-ethyl adjacent to an activating group) is 1. The first-order valence-electron chi connectivity index (χ1n) is 11.1. The number of amides is 2. The van der Waals surface area contributed by atoms with Crippen molar-refractivity contribution in [1.82, 2.24) is 14.8 Å². The molecule has 1 aliphatic rings. The van der Waals surface area contributed by atoms with Crippen molar-refractivity contribution in [3.05, 3.63) is 47.7 Å². The second-order valence-corrected chi connectivity index (χ2v) is 8.60. The minimum Gasteiger partial charge on any atom is -0.472 e. The summed E-state index contributed by atoms with van der Waals surface area (Å²) in [6, 6.07) is 10.4. The average Bonchev–Trinajstić information content (AvgIpc) is 2.85. The van der Waals surface area contributed by atoms with Gasteiger partial charge in [0.05, 0.1) is 30.8 Å². The minimum absolute atomic E-state index is 0.0352. The van der Waals surface area contributed by atoms with Crippen LogP contribution in [0.1, 0.15) is 29.8 Å². The highest BCUT2D eigenvalue weighted by Crippen LogP contribution is 2.30. The Bertz CT molecular complexity index is 1070. The zero-order valence-electron chi connectivity index (χ0n) is 19.9. The van der Waals surface area contributed by atoms with Crippen molar-refractivity contribution in [2.24, 2.45) is 5.92 Å². The van der Waals surface area contributed by atoms with E-state index in [0.717, 1.165) is 5.56 Å². The molecule has 0 fully saturated rings. The highest BCUT2D eigenvalue weighted by atomic mass is 16.5. The lowest BCUT2D eigenvalue weighted by Gasteiger charge is -2.37. The summed E-state index contributed by atoms with van der Waals surface area (Å²) in [5.41, 5.74) is 2.33. The predicted molar refractivity (Wildman–Crippen MR) is 125 cm³/mol. The van der Waals surface area contributed by atoms with Gasteiger partial charge in [-0.2, -0.15) is 5.26 Å². The Hall–Kier alpha value is -3.48. The summed E-state index contributed by atoms with van der Waals surface area (Å²) >= 11 is 0. The van der Waals surface area contributed by atoms with Gasteiger partial charge in [0.15, 0.2) is 0 Å². The van der Waals surface area contributed by atoms with Gasteiger partial charge in [-0.1, -0.05) is 19.1 Å². The quantitative estimate of drug-likeness (QED) is 0.663. The molecule has 2 amide bonds. The van der Waals surface area contributed by atoms with Crippen molar-refractivity contribution in [3.63, 3.8) is 0 Å². The molecule has 3 atom stereocenters. The fraction of sp³-hybridized carbons (Fsp3) is 0.440. The number of nitriles is 1. The molecule has 0 bridgehead atoms. The van der Waals surface area contributed by atoms with Crippen molar-refractivity contribution in [2.45, 2.75) is 26.0 Å². The van der Waals surface area contributed by atoms with E-state index < -0.39 is 12.1 Å². The first kappa shape index (κ1) is 25.1. The van der Waals surface area contributed by atoms with E-state index in [9.17, 15) is 14.7 Å². The van der Waals surface area contributed by atoms with Crippen LogP contribution in [0.2, 0.25) is 0 Å². The number of benzene rings is 1. The Morgan fingerprint density at radius 1 is 1.38 bits per heavy atom. The number of nitrogens with zero attached hydrogens (tertiary/aromatic N) is 4. The number of rotatable bonds is 7. The molecule has 3 rings (SSSR count). The molecule has 0 saturated carbocycles. The fourth-order valence-corrected chi connectivity index (χ4v) is 3.82. The summed E-state index contributed by atoms with van der Waals surface area (Å²) in [7, 11) is 3.14. The highest BCUT2D eigenvalue weighted by molar-refractivity contribution is 5.98. The average molecular weight is 467 g/mol. The van der Waals surface area contributed by atoms with Gasteiger partial charge in [-0.15, -0.1) is 0 Å². The number of aliphatic hydroxyl groups excluding tert-OH is 1. The number of ether oxygens (including phenoxy) is 2. The zero-order chi connectivity index (χ0) is 24.8. The number of aromatic nitrogens is 1. The lowest BCUT2D eigenvalue weighted by molar-refractivity contribution is -0.135. The summed E-state index contributed by atoms with van der Waals surface area (Å²) in [6.45, 7) is 4.14. The Balaban J connectivity index is 2.00. The Morgan fingerprint density at radius 2 is 2.09 bits per heavy atom. The standard InChI is InChI=1S/C25H30N4O5/c1-16-12-29(17(2)14-30)25(32)21-9-20(19-7-5-18(10-26)6-8-19)11-27-24(21)34-22(16)13-28(3)23(31)15-33-4/h5-9,11,16-17,22,30H,12-15H2,1-4H3/t16-,17+,22+/m0/s1. The van der Waals surface area contributed by atoms with Crippen molar-refractivity contribution in [3.8, 4) is 23.1 Å². The van der Waals surface area contributed by atoms with E-state index in [1.165, 1.54) is 7.11 Å². The van der Waals surface area contributed by atoms with E-state index in [0.29, 0.717) is 17.7 Å². The van der Waals surface area contributed by atoms with Crippen LogP contribution in [0, 0.1) is 17.2 Å².